The van der Waals surface area contributed by atoms with Crippen LogP contribution in [-0.2, 0) is 21.0 Å². The molecule has 1 aliphatic heterocycles. The van der Waals surface area contributed by atoms with Crippen LogP contribution in [-0.4, -0.2) is 44.2 Å². The van der Waals surface area contributed by atoms with Crippen molar-refractivity contribution >= 4 is 27.8 Å². The van der Waals surface area contributed by atoms with E-state index in [9.17, 15) is 26.4 Å². The average Bonchev–Trinajstić information content (AvgIpc) is 2.89. The smallest absolute Gasteiger partial charge is 0.417 e. The molecule has 1 aliphatic carbocycles. The van der Waals surface area contributed by atoms with E-state index in [1.165, 1.54) is 12.0 Å². The average molecular weight is 557 g/mol. The maximum atomic E-state index is 13.6. The first kappa shape index (κ1) is 29.3. The second-order valence-electron chi connectivity index (χ2n) is 8.72. The summed E-state index contributed by atoms with van der Waals surface area (Å²) in [7, 11) is -4.42. The molecule has 0 bridgehead atoms. The number of aliphatic carboxylic acids is 1. The highest BCUT2D eigenvalue weighted by Crippen LogP contribution is 2.40. The van der Waals surface area contributed by atoms with Crippen molar-refractivity contribution in [3.63, 3.8) is 0 Å². The van der Waals surface area contributed by atoms with E-state index < -0.39 is 32.6 Å². The molecule has 38 heavy (non-hydrogen) atoms. The van der Waals surface area contributed by atoms with Gasteiger partial charge in [0, 0.05) is 12.6 Å². The largest absolute Gasteiger partial charge is 0.489 e. The molecule has 8 nitrogen and oxygen atoms in total. The van der Waals surface area contributed by atoms with Crippen molar-refractivity contribution in [3.8, 4) is 11.6 Å². The third-order valence-corrected chi connectivity index (χ3v) is 7.78. The summed E-state index contributed by atoms with van der Waals surface area (Å²) in [6.45, 7) is 3.28. The Kier molecular flexibility index (Phi) is 9.64. The second-order valence-corrected chi connectivity index (χ2v) is 10.6. The molecule has 208 valence electrons. The molecular weight excluding hydrogens is 525 g/mol. The van der Waals surface area contributed by atoms with Gasteiger partial charge in [0.05, 0.1) is 24.4 Å². The third kappa shape index (κ3) is 7.18. The van der Waals surface area contributed by atoms with Crippen LogP contribution in [0.15, 0.2) is 40.9 Å². The van der Waals surface area contributed by atoms with Gasteiger partial charge in [0.25, 0.3) is 10.0 Å². The minimum absolute atomic E-state index is 0.0445. The van der Waals surface area contributed by atoms with Gasteiger partial charge in [-0.3, -0.25) is 9.10 Å². The van der Waals surface area contributed by atoms with Crippen LogP contribution in [0.4, 0.5) is 18.9 Å². The lowest BCUT2D eigenvalue weighted by atomic mass is 9.93. The van der Waals surface area contributed by atoms with Gasteiger partial charge in [-0.25, -0.2) is 13.4 Å². The van der Waals surface area contributed by atoms with E-state index in [2.05, 4.69) is 11.1 Å². The molecule has 4 rings (SSSR count). The molecule has 1 fully saturated rings. The third-order valence-electron chi connectivity index (χ3n) is 5.97. The molecule has 0 atom stereocenters. The van der Waals surface area contributed by atoms with Crippen molar-refractivity contribution in [2.24, 2.45) is 0 Å². The first-order chi connectivity index (χ1) is 18.0. The quantitative estimate of drug-likeness (QED) is 0.471. The van der Waals surface area contributed by atoms with E-state index in [4.69, 9.17) is 14.6 Å². The molecule has 2 aliphatic rings. The van der Waals surface area contributed by atoms with E-state index in [0.717, 1.165) is 35.6 Å². The van der Waals surface area contributed by atoms with Gasteiger partial charge in [-0.1, -0.05) is 31.1 Å². The van der Waals surface area contributed by atoms with Gasteiger partial charge in [0.15, 0.2) is 4.90 Å². The summed E-state index contributed by atoms with van der Waals surface area (Å²) in [5, 5.41) is 7.72. The molecule has 0 spiro atoms. The van der Waals surface area contributed by atoms with Gasteiger partial charge in [-0.15, -0.1) is 0 Å². The molecule has 2 aromatic rings. The number of hydrogen-bond acceptors (Lipinski definition) is 6. The van der Waals surface area contributed by atoms with Gasteiger partial charge in [0.2, 0.25) is 5.88 Å². The molecule has 1 saturated carbocycles. The number of pyridine rings is 1. The number of allylic oxidation sites excluding steroid dienone is 1. The van der Waals surface area contributed by atoms with Crippen molar-refractivity contribution in [3.05, 3.63) is 47.2 Å². The molecule has 1 aromatic carbocycles. The molecule has 1 aromatic heterocycles. The number of alkyl halides is 3. The van der Waals surface area contributed by atoms with Gasteiger partial charge in [-0.2, -0.15) is 13.2 Å². The number of fused-ring (bicyclic) bond motifs is 1. The number of sulfonamides is 1. The second kappa shape index (κ2) is 12.5. The summed E-state index contributed by atoms with van der Waals surface area (Å²) in [5.41, 5.74) is 1.25. The number of carbonyl (C=O) groups is 1. The highest BCUT2D eigenvalue weighted by Gasteiger charge is 2.37. The standard InChI is InChI=1S/C23H25F3N2O4S.C3H6O2/c1-2-31-22-21(14-18(15-27-22)23(24,25)26)33(29,30)28-10-11-32-20-9-8-17(13-19(20)28)12-16-6-4-3-5-7-16;1-2-3(4)5/h8-9,12-15H,2-7,10-11H2,1H3;2H2,1H3,(H,4,5). The van der Waals surface area contributed by atoms with E-state index in [1.807, 2.05) is 6.07 Å². The van der Waals surface area contributed by atoms with Gasteiger partial charge in [0.1, 0.15) is 12.4 Å². The topological polar surface area (TPSA) is 106 Å². The zero-order chi connectivity index (χ0) is 27.9. The predicted molar refractivity (Wildman–Crippen MR) is 136 cm³/mol. The van der Waals surface area contributed by atoms with Crippen LogP contribution in [0.25, 0.3) is 6.08 Å². The number of carboxylic acid groups (broad SMARTS) is 1. The Bertz CT molecular complexity index is 1270. The first-order valence-electron chi connectivity index (χ1n) is 12.4. The van der Waals surface area contributed by atoms with Gasteiger partial charge < -0.3 is 14.6 Å². The normalized spacial score (nSPS) is 15.5. The van der Waals surface area contributed by atoms with E-state index >= 15 is 0 Å². The maximum Gasteiger partial charge on any atom is 0.417 e. The Morgan fingerprint density at radius 2 is 1.87 bits per heavy atom. The summed E-state index contributed by atoms with van der Waals surface area (Å²) in [6, 6.07) is 5.83. The number of benzene rings is 1. The lowest BCUT2D eigenvalue weighted by Gasteiger charge is -2.31. The van der Waals surface area contributed by atoms with Crippen molar-refractivity contribution in [1.29, 1.82) is 0 Å². The summed E-state index contributed by atoms with van der Waals surface area (Å²) < 4.78 is 79.1. The zero-order valence-corrected chi connectivity index (χ0v) is 22.1. The highest BCUT2D eigenvalue weighted by atomic mass is 32.2. The van der Waals surface area contributed by atoms with Crippen LogP contribution in [0.3, 0.4) is 0 Å². The molecule has 1 N–H and O–H groups in total. The summed E-state index contributed by atoms with van der Waals surface area (Å²) in [4.78, 5) is 12.4. The van der Waals surface area contributed by atoms with E-state index in [-0.39, 0.29) is 37.7 Å². The fourth-order valence-corrected chi connectivity index (χ4v) is 5.63. The van der Waals surface area contributed by atoms with Crippen LogP contribution < -0.4 is 13.8 Å². The molecule has 0 amide bonds. The number of halogens is 3. The fourth-order valence-electron chi connectivity index (χ4n) is 4.07. The molecule has 0 radical (unpaired) electrons. The fraction of sp³-hybridized carbons (Fsp3) is 0.462. The Labute approximate surface area is 220 Å². The molecular formula is C26H31F3N2O6S. The SMILES string of the molecule is CCC(=O)O.CCOc1ncc(C(F)(F)F)cc1S(=O)(=O)N1CCOc2ccc(C=C3CCCCC3)cc21. The molecule has 0 unspecified atom stereocenters. The van der Waals surface area contributed by atoms with E-state index in [0.29, 0.717) is 18.0 Å². The first-order valence-corrected chi connectivity index (χ1v) is 13.8. The molecule has 2 heterocycles. The van der Waals surface area contributed by atoms with Crippen LogP contribution in [0.1, 0.15) is 63.5 Å². The van der Waals surface area contributed by atoms with Crippen LogP contribution in [0.2, 0.25) is 0 Å². The lowest BCUT2D eigenvalue weighted by molar-refractivity contribution is -0.138. The number of hydrogen-bond donors (Lipinski definition) is 1. The number of carboxylic acids is 1. The summed E-state index contributed by atoms with van der Waals surface area (Å²) >= 11 is 0. The van der Waals surface area contributed by atoms with Crippen LogP contribution >= 0.6 is 0 Å². The number of anilines is 1. The van der Waals surface area contributed by atoms with Crippen molar-refractivity contribution in [1.82, 2.24) is 4.98 Å². The summed E-state index contributed by atoms with van der Waals surface area (Å²) in [6.07, 6.45) is 3.57. The Morgan fingerprint density at radius 1 is 1.18 bits per heavy atom. The zero-order valence-electron chi connectivity index (χ0n) is 21.3. The van der Waals surface area contributed by atoms with Gasteiger partial charge >= 0.3 is 12.1 Å². The van der Waals surface area contributed by atoms with Crippen LogP contribution in [0, 0.1) is 0 Å². The summed E-state index contributed by atoms with van der Waals surface area (Å²) in [5.74, 6) is -0.752. The van der Waals surface area contributed by atoms with Crippen molar-refractivity contribution in [2.45, 2.75) is 63.4 Å². The van der Waals surface area contributed by atoms with E-state index in [1.54, 1.807) is 26.0 Å². The number of rotatable bonds is 6. The Hall–Kier alpha value is -3.28. The predicted octanol–water partition coefficient (Wildman–Crippen LogP) is 5.92. The van der Waals surface area contributed by atoms with Crippen LogP contribution in [0.5, 0.6) is 11.6 Å². The molecule has 0 saturated heterocycles. The number of aromatic nitrogens is 1. The Morgan fingerprint density at radius 3 is 2.47 bits per heavy atom. The highest BCUT2D eigenvalue weighted by molar-refractivity contribution is 7.93. The Balaban J connectivity index is 0.000000732. The maximum absolute atomic E-state index is 13.6. The minimum atomic E-state index is -4.75. The number of ether oxygens (including phenoxy) is 2. The lowest BCUT2D eigenvalue weighted by Crippen LogP contribution is -2.38. The monoisotopic (exact) mass is 556 g/mol. The van der Waals surface area contributed by atoms with Crippen molar-refractivity contribution in [2.75, 3.05) is 24.1 Å². The van der Waals surface area contributed by atoms with Crippen molar-refractivity contribution < 1.29 is 41.0 Å². The molecule has 12 heteroatoms. The van der Waals surface area contributed by atoms with Gasteiger partial charge in [-0.05, 0) is 56.4 Å². The number of nitrogens with zero attached hydrogens (tertiary/aromatic N) is 2. The minimum Gasteiger partial charge on any atom is -0.489 e.